The van der Waals surface area contributed by atoms with E-state index < -0.39 is 0 Å². The first-order valence-corrected chi connectivity index (χ1v) is 9.66. The van der Waals surface area contributed by atoms with Crippen molar-refractivity contribution in [3.63, 3.8) is 0 Å². The van der Waals surface area contributed by atoms with Crippen LogP contribution in [0.15, 0.2) is 42.5 Å². The highest BCUT2D eigenvalue weighted by molar-refractivity contribution is 8.15. The van der Waals surface area contributed by atoms with Crippen LogP contribution in [0, 0.1) is 0 Å². The molecule has 0 unspecified atom stereocenters. The molecule has 2 aromatic rings. The lowest BCUT2D eigenvalue weighted by molar-refractivity contribution is 0.187. The molecule has 26 heavy (non-hydrogen) atoms. The molecule has 4 nitrogen and oxygen atoms in total. The fourth-order valence-corrected chi connectivity index (χ4v) is 5.57. The summed E-state index contributed by atoms with van der Waals surface area (Å²) in [7, 11) is 3.32. The Morgan fingerprint density at radius 1 is 1.15 bits per heavy atom. The maximum absolute atomic E-state index is 12.7. The topological polar surface area (TPSA) is 38.8 Å². The van der Waals surface area contributed by atoms with E-state index in [0.29, 0.717) is 0 Å². The Bertz CT molecular complexity index is 839. The Kier molecular flexibility index (Phi) is 4.35. The van der Waals surface area contributed by atoms with E-state index in [-0.39, 0.29) is 16.0 Å². The van der Waals surface area contributed by atoms with Gasteiger partial charge in [-0.3, -0.25) is 4.79 Å². The molecule has 136 valence electrons. The molecule has 0 N–H and O–H groups in total. The van der Waals surface area contributed by atoms with E-state index in [1.165, 1.54) is 28.5 Å². The van der Waals surface area contributed by atoms with E-state index in [1.54, 1.807) is 14.2 Å². The number of thioether (sulfide) groups is 1. The summed E-state index contributed by atoms with van der Waals surface area (Å²) in [6.07, 6.45) is 1.69. The highest BCUT2D eigenvalue weighted by Crippen LogP contribution is 2.55. The number of carbonyl (C=O) groups excluding carboxylic acids is 1. The van der Waals surface area contributed by atoms with Gasteiger partial charge in [0.1, 0.15) is 0 Å². The lowest BCUT2D eigenvalue weighted by Crippen LogP contribution is -2.41. The molecule has 0 spiro atoms. The molecular formula is C21H23NO3S. The van der Waals surface area contributed by atoms with Gasteiger partial charge < -0.3 is 14.4 Å². The largest absolute Gasteiger partial charge is 0.493 e. The van der Waals surface area contributed by atoms with Gasteiger partial charge >= 0.3 is 0 Å². The second-order valence-electron chi connectivity index (χ2n) is 7.09. The fraction of sp³-hybridized carbons (Fsp3) is 0.381. The summed E-state index contributed by atoms with van der Waals surface area (Å²) in [4.78, 5) is 14.8. The molecule has 0 saturated carbocycles. The molecule has 2 aromatic carbocycles. The molecular weight excluding hydrogens is 346 g/mol. The quantitative estimate of drug-likeness (QED) is 0.797. The first-order valence-electron chi connectivity index (χ1n) is 8.84. The minimum absolute atomic E-state index is 0.0452. The Labute approximate surface area is 158 Å². The van der Waals surface area contributed by atoms with Crippen LogP contribution in [0.3, 0.4) is 0 Å². The van der Waals surface area contributed by atoms with E-state index in [4.69, 9.17) is 9.47 Å². The number of amides is 1. The lowest BCUT2D eigenvalue weighted by atomic mass is 9.82. The number of methoxy groups -OCH3 is 2. The van der Waals surface area contributed by atoms with E-state index in [1.807, 2.05) is 11.0 Å². The normalized spacial score (nSPS) is 24.2. The standard InChI is InChI=1S/C21H23NO3S/c1-21(13-14-7-5-4-6-8-14)19-16-12-18(25-3)17(24-2)11-15(16)9-10-22(19)20(23)26-21/h4-8,11-12,19H,9-10,13H2,1-3H3/t19-,21+/m0/s1. The van der Waals surface area contributed by atoms with Crippen LogP contribution >= 0.6 is 11.8 Å². The van der Waals surface area contributed by atoms with Gasteiger partial charge in [0.15, 0.2) is 11.5 Å². The monoisotopic (exact) mass is 369 g/mol. The van der Waals surface area contributed by atoms with Crippen molar-refractivity contribution in [3.05, 3.63) is 59.2 Å². The van der Waals surface area contributed by atoms with Crippen molar-refractivity contribution in [2.45, 2.75) is 30.6 Å². The molecule has 5 heteroatoms. The fourth-order valence-electron chi connectivity index (χ4n) is 4.25. The average Bonchev–Trinajstić information content (AvgIpc) is 2.91. The molecule has 0 aromatic heterocycles. The van der Waals surface area contributed by atoms with Crippen molar-refractivity contribution in [1.29, 1.82) is 0 Å². The second-order valence-corrected chi connectivity index (χ2v) is 8.58. The first-order chi connectivity index (χ1) is 12.6. The third kappa shape index (κ3) is 2.75. The van der Waals surface area contributed by atoms with Crippen molar-refractivity contribution in [1.82, 2.24) is 4.90 Å². The molecule has 2 aliphatic heterocycles. The zero-order valence-electron chi connectivity index (χ0n) is 15.3. The first kappa shape index (κ1) is 17.3. The number of rotatable bonds is 4. The number of fused-ring (bicyclic) bond motifs is 3. The minimum Gasteiger partial charge on any atom is -0.493 e. The van der Waals surface area contributed by atoms with Crippen molar-refractivity contribution < 1.29 is 14.3 Å². The number of hydrogen-bond donors (Lipinski definition) is 0. The zero-order chi connectivity index (χ0) is 18.3. The number of nitrogens with zero attached hydrogens (tertiary/aromatic N) is 1. The summed E-state index contributed by atoms with van der Waals surface area (Å²) in [6.45, 7) is 2.96. The number of benzene rings is 2. The summed E-state index contributed by atoms with van der Waals surface area (Å²) in [5, 5.41) is 0.175. The van der Waals surface area contributed by atoms with E-state index in [2.05, 4.69) is 43.3 Å². The van der Waals surface area contributed by atoms with Gasteiger partial charge in [0.05, 0.1) is 25.0 Å². The van der Waals surface area contributed by atoms with Gasteiger partial charge in [-0.1, -0.05) is 42.1 Å². The predicted octanol–water partition coefficient (Wildman–Crippen LogP) is 4.47. The smallest absolute Gasteiger partial charge is 0.282 e. The summed E-state index contributed by atoms with van der Waals surface area (Å²) >= 11 is 1.47. The summed E-state index contributed by atoms with van der Waals surface area (Å²) in [6, 6.07) is 14.6. The van der Waals surface area contributed by atoms with E-state index >= 15 is 0 Å². The van der Waals surface area contributed by atoms with Gasteiger partial charge in [-0.05, 0) is 48.6 Å². The Morgan fingerprint density at radius 3 is 2.54 bits per heavy atom. The molecule has 0 aliphatic carbocycles. The molecule has 0 radical (unpaired) electrons. The number of carbonyl (C=O) groups is 1. The van der Waals surface area contributed by atoms with Crippen LogP contribution in [0.25, 0.3) is 0 Å². The SMILES string of the molecule is COc1cc2c(cc1OC)[C@@H]1N(CC2)C(=O)S[C@]1(C)Cc1ccccc1. The van der Waals surface area contributed by atoms with Gasteiger partial charge in [-0.15, -0.1) is 0 Å². The predicted molar refractivity (Wildman–Crippen MR) is 104 cm³/mol. The van der Waals surface area contributed by atoms with Crippen LogP contribution in [-0.4, -0.2) is 35.7 Å². The van der Waals surface area contributed by atoms with Gasteiger partial charge in [-0.25, -0.2) is 0 Å². The zero-order valence-corrected chi connectivity index (χ0v) is 16.1. The summed E-state index contributed by atoms with van der Waals surface area (Å²) in [5.41, 5.74) is 3.69. The van der Waals surface area contributed by atoms with E-state index in [9.17, 15) is 4.79 Å². The maximum Gasteiger partial charge on any atom is 0.282 e. The van der Waals surface area contributed by atoms with Crippen LogP contribution in [0.1, 0.15) is 29.7 Å². The Morgan fingerprint density at radius 2 is 1.85 bits per heavy atom. The number of hydrogen-bond acceptors (Lipinski definition) is 4. The molecule has 2 aliphatic rings. The summed E-state index contributed by atoms with van der Waals surface area (Å²) < 4.78 is 10.8. The third-order valence-electron chi connectivity index (χ3n) is 5.41. The molecule has 1 saturated heterocycles. The molecule has 1 amide bonds. The molecule has 2 atom stereocenters. The van der Waals surface area contributed by atoms with Gasteiger partial charge in [0.25, 0.3) is 5.24 Å². The van der Waals surface area contributed by atoms with Gasteiger partial charge in [-0.2, -0.15) is 0 Å². The Hall–Kier alpha value is -2.14. The second kappa shape index (κ2) is 6.54. The van der Waals surface area contributed by atoms with Crippen molar-refractivity contribution in [2.75, 3.05) is 20.8 Å². The highest BCUT2D eigenvalue weighted by atomic mass is 32.2. The van der Waals surface area contributed by atoms with Crippen LogP contribution in [0.5, 0.6) is 11.5 Å². The maximum atomic E-state index is 12.7. The van der Waals surface area contributed by atoms with Crippen LogP contribution in [0.4, 0.5) is 4.79 Å². The van der Waals surface area contributed by atoms with Gasteiger partial charge in [0, 0.05) is 6.54 Å². The Balaban J connectivity index is 1.79. The molecule has 4 rings (SSSR count). The molecule has 2 heterocycles. The number of ether oxygens (including phenoxy) is 2. The molecule has 0 bridgehead atoms. The van der Waals surface area contributed by atoms with Crippen LogP contribution in [0.2, 0.25) is 0 Å². The minimum atomic E-state index is -0.215. The van der Waals surface area contributed by atoms with Crippen molar-refractivity contribution in [2.24, 2.45) is 0 Å². The van der Waals surface area contributed by atoms with E-state index in [0.717, 1.165) is 30.9 Å². The van der Waals surface area contributed by atoms with Gasteiger partial charge in [0.2, 0.25) is 0 Å². The summed E-state index contributed by atoms with van der Waals surface area (Å²) in [5.74, 6) is 1.47. The third-order valence-corrected chi connectivity index (χ3v) is 6.65. The molecule has 1 fully saturated rings. The van der Waals surface area contributed by atoms with Crippen LogP contribution < -0.4 is 9.47 Å². The van der Waals surface area contributed by atoms with Crippen molar-refractivity contribution in [3.8, 4) is 11.5 Å². The van der Waals surface area contributed by atoms with Crippen molar-refractivity contribution >= 4 is 17.0 Å². The highest BCUT2D eigenvalue weighted by Gasteiger charge is 2.52. The van der Waals surface area contributed by atoms with Crippen LogP contribution in [-0.2, 0) is 12.8 Å². The lowest BCUT2D eigenvalue weighted by Gasteiger charge is -2.39. The average molecular weight is 369 g/mol.